The van der Waals surface area contributed by atoms with E-state index in [1.54, 1.807) is 25.1 Å². The van der Waals surface area contributed by atoms with Gasteiger partial charge < -0.3 is 13.9 Å². The van der Waals surface area contributed by atoms with Gasteiger partial charge in [0.2, 0.25) is 0 Å². The van der Waals surface area contributed by atoms with Gasteiger partial charge in [0, 0.05) is 23.9 Å². The van der Waals surface area contributed by atoms with Crippen LogP contribution >= 0.6 is 0 Å². The van der Waals surface area contributed by atoms with E-state index in [0.717, 1.165) is 22.9 Å². The number of hydrogen-bond donors (Lipinski definition) is 0. The van der Waals surface area contributed by atoms with E-state index in [4.69, 9.17) is 13.9 Å². The van der Waals surface area contributed by atoms with Crippen molar-refractivity contribution in [2.24, 2.45) is 0 Å². The second kappa shape index (κ2) is 9.39. The predicted molar refractivity (Wildman–Crippen MR) is 113 cm³/mol. The number of hydrogen-bond acceptors (Lipinski definition) is 6. The predicted octanol–water partition coefficient (Wildman–Crippen LogP) is 4.51. The van der Waals surface area contributed by atoms with Crippen molar-refractivity contribution in [1.82, 2.24) is 0 Å². The summed E-state index contributed by atoms with van der Waals surface area (Å²) in [5.41, 5.74) is 2.68. The molecule has 6 nitrogen and oxygen atoms in total. The van der Waals surface area contributed by atoms with Gasteiger partial charge in [0.25, 0.3) is 0 Å². The zero-order valence-corrected chi connectivity index (χ0v) is 17.3. The van der Waals surface area contributed by atoms with Gasteiger partial charge in [-0.25, -0.2) is 9.59 Å². The van der Waals surface area contributed by atoms with Crippen molar-refractivity contribution < 1.29 is 23.5 Å². The summed E-state index contributed by atoms with van der Waals surface area (Å²) in [7, 11) is 0. The summed E-state index contributed by atoms with van der Waals surface area (Å²) in [5.74, 6) is -0.589. The van der Waals surface area contributed by atoms with E-state index in [0.29, 0.717) is 29.7 Å². The molecule has 0 radical (unpaired) electrons. The van der Waals surface area contributed by atoms with Crippen LogP contribution in [0.5, 0.6) is 5.75 Å². The van der Waals surface area contributed by atoms with Gasteiger partial charge >= 0.3 is 17.6 Å². The second-order valence-corrected chi connectivity index (χ2v) is 7.18. The lowest BCUT2D eigenvalue weighted by atomic mass is 10.0. The molecule has 0 aliphatic rings. The molecule has 1 aromatic heterocycles. The van der Waals surface area contributed by atoms with Crippen LogP contribution in [0.2, 0.25) is 0 Å². The number of aryl methyl sites for hydroxylation is 3. The zero-order valence-electron chi connectivity index (χ0n) is 17.3. The van der Waals surface area contributed by atoms with Gasteiger partial charge in [0.1, 0.15) is 11.3 Å². The smallest absolute Gasteiger partial charge is 0.343 e. The highest BCUT2D eigenvalue weighted by atomic mass is 16.5. The van der Waals surface area contributed by atoms with Gasteiger partial charge in [0.05, 0.1) is 12.2 Å². The molecular formula is C24H24O6. The molecule has 0 bridgehead atoms. The Balaban J connectivity index is 1.94. The zero-order chi connectivity index (χ0) is 21.7. The molecule has 6 heteroatoms. The molecule has 2 aromatic carbocycles. The van der Waals surface area contributed by atoms with Crippen LogP contribution in [0.1, 0.15) is 46.8 Å². The first-order valence-corrected chi connectivity index (χ1v) is 9.89. The molecule has 0 aliphatic carbocycles. The topological polar surface area (TPSA) is 82.8 Å². The molecule has 0 saturated heterocycles. The van der Waals surface area contributed by atoms with Crippen LogP contribution in [0.15, 0.2) is 51.7 Å². The fourth-order valence-corrected chi connectivity index (χ4v) is 3.05. The molecule has 0 saturated carbocycles. The third-order valence-corrected chi connectivity index (χ3v) is 4.69. The Morgan fingerprint density at radius 1 is 1.03 bits per heavy atom. The summed E-state index contributed by atoms with van der Waals surface area (Å²) in [6.45, 7) is 6.03. The molecule has 0 fully saturated rings. The van der Waals surface area contributed by atoms with E-state index < -0.39 is 11.6 Å². The molecular weight excluding hydrogens is 384 g/mol. The second-order valence-electron chi connectivity index (χ2n) is 7.18. The minimum absolute atomic E-state index is 0.149. The van der Waals surface area contributed by atoms with Gasteiger partial charge in [-0.05, 0) is 56.0 Å². The summed E-state index contributed by atoms with van der Waals surface area (Å²) in [4.78, 5) is 36.3. The lowest BCUT2D eigenvalue weighted by Crippen LogP contribution is -2.11. The molecule has 0 spiro atoms. The molecule has 0 amide bonds. The lowest BCUT2D eigenvalue weighted by Gasteiger charge is -2.12. The Kier molecular flexibility index (Phi) is 6.67. The van der Waals surface area contributed by atoms with Crippen molar-refractivity contribution in [3.05, 3.63) is 75.1 Å². The molecule has 3 rings (SSSR count). The molecule has 0 unspecified atom stereocenters. The third kappa shape index (κ3) is 5.14. The van der Waals surface area contributed by atoms with Gasteiger partial charge in [-0.2, -0.15) is 0 Å². The van der Waals surface area contributed by atoms with Crippen LogP contribution in [0.3, 0.4) is 0 Å². The minimum Gasteiger partial charge on any atom is -0.466 e. The number of rotatable bonds is 7. The number of esters is 2. The van der Waals surface area contributed by atoms with E-state index in [2.05, 4.69) is 0 Å². The first-order valence-electron chi connectivity index (χ1n) is 9.89. The number of ether oxygens (including phenoxy) is 2. The highest BCUT2D eigenvalue weighted by Crippen LogP contribution is 2.29. The monoisotopic (exact) mass is 408 g/mol. The van der Waals surface area contributed by atoms with Crippen molar-refractivity contribution in [1.29, 1.82) is 0 Å². The molecule has 0 atom stereocenters. The lowest BCUT2D eigenvalue weighted by molar-refractivity contribution is -0.143. The summed E-state index contributed by atoms with van der Waals surface area (Å²) in [6.07, 6.45) is 1.23. The number of fused-ring (bicyclic) bond motifs is 1. The van der Waals surface area contributed by atoms with Crippen LogP contribution in [-0.4, -0.2) is 18.5 Å². The van der Waals surface area contributed by atoms with Crippen LogP contribution < -0.4 is 10.4 Å². The average molecular weight is 408 g/mol. The standard InChI is InChI=1S/C24H24O6/c1-4-11-28-22(25)10-9-18-13-19-16(3)12-23(26)29-21(19)14-20(18)30-24(27)17-7-5-15(2)6-8-17/h5-8,12-14H,4,9-11H2,1-3H3. The van der Waals surface area contributed by atoms with Crippen molar-refractivity contribution in [2.75, 3.05) is 6.61 Å². The number of carbonyl (C=O) groups excluding carboxylic acids is 2. The van der Waals surface area contributed by atoms with Gasteiger partial charge in [-0.3, -0.25) is 4.79 Å². The van der Waals surface area contributed by atoms with E-state index >= 15 is 0 Å². The van der Waals surface area contributed by atoms with Crippen LogP contribution in [0.4, 0.5) is 0 Å². The Morgan fingerprint density at radius 3 is 2.47 bits per heavy atom. The summed E-state index contributed by atoms with van der Waals surface area (Å²) in [6, 6.07) is 11.7. The Bertz CT molecular complexity index is 1120. The largest absolute Gasteiger partial charge is 0.466 e. The average Bonchev–Trinajstić information content (AvgIpc) is 2.71. The van der Waals surface area contributed by atoms with E-state index in [9.17, 15) is 14.4 Å². The first kappa shape index (κ1) is 21.3. The van der Waals surface area contributed by atoms with Crippen molar-refractivity contribution in [3.63, 3.8) is 0 Å². The summed E-state index contributed by atoms with van der Waals surface area (Å²) in [5, 5.41) is 0.724. The third-order valence-electron chi connectivity index (χ3n) is 4.69. The van der Waals surface area contributed by atoms with Gasteiger partial charge in [-0.1, -0.05) is 24.6 Å². The maximum atomic E-state index is 12.6. The minimum atomic E-state index is -0.529. The molecule has 30 heavy (non-hydrogen) atoms. The molecule has 3 aromatic rings. The van der Waals surface area contributed by atoms with E-state index in [1.165, 1.54) is 12.1 Å². The van der Waals surface area contributed by atoms with Crippen LogP contribution in [0.25, 0.3) is 11.0 Å². The maximum absolute atomic E-state index is 12.6. The summed E-state index contributed by atoms with van der Waals surface area (Å²) >= 11 is 0. The van der Waals surface area contributed by atoms with Gasteiger partial charge in [0.15, 0.2) is 0 Å². The van der Waals surface area contributed by atoms with Crippen molar-refractivity contribution in [3.8, 4) is 5.75 Å². The van der Waals surface area contributed by atoms with Crippen molar-refractivity contribution in [2.45, 2.75) is 40.0 Å². The quantitative estimate of drug-likeness (QED) is 0.325. The fourth-order valence-electron chi connectivity index (χ4n) is 3.05. The first-order chi connectivity index (χ1) is 14.4. The van der Waals surface area contributed by atoms with Crippen molar-refractivity contribution >= 4 is 22.9 Å². The maximum Gasteiger partial charge on any atom is 0.343 e. The SMILES string of the molecule is CCCOC(=O)CCc1cc2c(C)cc(=O)oc2cc1OC(=O)c1ccc(C)cc1. The fraction of sp³-hybridized carbons (Fsp3) is 0.292. The van der Waals surface area contributed by atoms with E-state index in [1.807, 2.05) is 26.0 Å². The number of benzene rings is 2. The number of carbonyl (C=O) groups is 2. The Hall–Kier alpha value is -3.41. The Labute approximate surface area is 174 Å². The molecule has 1 heterocycles. The van der Waals surface area contributed by atoms with Crippen LogP contribution in [0, 0.1) is 13.8 Å². The normalized spacial score (nSPS) is 10.8. The molecule has 0 aliphatic heterocycles. The highest BCUT2D eigenvalue weighted by molar-refractivity contribution is 5.92. The Morgan fingerprint density at radius 2 is 1.77 bits per heavy atom. The molecule has 156 valence electrons. The van der Waals surface area contributed by atoms with E-state index in [-0.39, 0.29) is 18.1 Å². The van der Waals surface area contributed by atoms with Gasteiger partial charge in [-0.15, -0.1) is 0 Å². The van der Waals surface area contributed by atoms with Crippen LogP contribution in [-0.2, 0) is 16.0 Å². The highest BCUT2D eigenvalue weighted by Gasteiger charge is 2.16. The molecule has 0 N–H and O–H groups in total. The summed E-state index contributed by atoms with van der Waals surface area (Å²) < 4.78 is 16.0.